The van der Waals surface area contributed by atoms with Crippen molar-refractivity contribution in [3.05, 3.63) is 33.9 Å². The van der Waals surface area contributed by atoms with E-state index in [0.29, 0.717) is 12.1 Å². The third-order valence-electron chi connectivity index (χ3n) is 3.56. The van der Waals surface area contributed by atoms with Crippen LogP contribution in [0.25, 0.3) is 10.9 Å². The number of H-pyrrole nitrogens is 1. The molecular weight excluding hydrogens is 307 g/mol. The fourth-order valence-electron chi connectivity index (χ4n) is 2.76. The van der Waals surface area contributed by atoms with Crippen molar-refractivity contribution in [3.8, 4) is 0 Å². The second-order valence-electron chi connectivity index (χ2n) is 4.69. The lowest BCUT2D eigenvalue weighted by Gasteiger charge is -2.24. The highest BCUT2D eigenvalue weighted by Crippen LogP contribution is 2.44. The summed E-state index contributed by atoms with van der Waals surface area (Å²) in [6.07, 6.45) is -2.66. The van der Waals surface area contributed by atoms with Gasteiger partial charge in [0.1, 0.15) is 0 Å². The van der Waals surface area contributed by atoms with Crippen LogP contribution in [-0.4, -0.2) is 11.2 Å². The fourth-order valence-corrected chi connectivity index (χ4v) is 3.12. The van der Waals surface area contributed by atoms with Crippen molar-refractivity contribution in [2.75, 3.05) is 0 Å². The zero-order valence-electron chi connectivity index (χ0n) is 9.44. The highest BCUT2D eigenvalue weighted by atomic mass is 79.9. The number of aromatic nitrogens is 1. The molecule has 0 saturated heterocycles. The van der Waals surface area contributed by atoms with Gasteiger partial charge in [-0.15, -0.1) is 0 Å². The van der Waals surface area contributed by atoms with Gasteiger partial charge in [0.05, 0.1) is 5.92 Å². The maximum absolute atomic E-state index is 13.0. The van der Waals surface area contributed by atoms with E-state index in [1.807, 2.05) is 18.2 Å². The van der Waals surface area contributed by atoms with Crippen LogP contribution in [0.5, 0.6) is 0 Å². The Labute approximate surface area is 111 Å². The van der Waals surface area contributed by atoms with Gasteiger partial charge in [-0.05, 0) is 43.0 Å². The minimum Gasteiger partial charge on any atom is -0.358 e. The number of alkyl halides is 3. The van der Waals surface area contributed by atoms with Gasteiger partial charge in [-0.1, -0.05) is 15.9 Å². The number of fused-ring (bicyclic) bond motifs is 3. The minimum atomic E-state index is -4.16. The third kappa shape index (κ3) is 1.85. The Hall–Kier alpha value is -0.970. The number of hydrogen-bond donors (Lipinski definition) is 1. The lowest BCUT2D eigenvalue weighted by atomic mass is 9.86. The summed E-state index contributed by atoms with van der Waals surface area (Å²) in [5, 5.41) is 0.910. The summed E-state index contributed by atoms with van der Waals surface area (Å²) in [5.74, 6) is -1.34. The maximum atomic E-state index is 13.0. The van der Waals surface area contributed by atoms with E-state index in [0.717, 1.165) is 27.4 Å². The van der Waals surface area contributed by atoms with Gasteiger partial charge < -0.3 is 4.98 Å². The molecule has 1 N–H and O–H groups in total. The molecule has 0 fully saturated rings. The average Bonchev–Trinajstić information content (AvgIpc) is 2.65. The Balaban J connectivity index is 2.22. The lowest BCUT2D eigenvalue weighted by molar-refractivity contribution is -0.154. The van der Waals surface area contributed by atoms with Gasteiger partial charge in [-0.25, -0.2) is 0 Å². The molecule has 1 aliphatic rings. The summed E-state index contributed by atoms with van der Waals surface area (Å²) in [7, 11) is 0. The Kier molecular flexibility index (Phi) is 2.70. The zero-order chi connectivity index (χ0) is 12.9. The molecule has 1 aliphatic carbocycles. The van der Waals surface area contributed by atoms with Crippen molar-refractivity contribution in [3.63, 3.8) is 0 Å². The molecule has 1 nitrogen and oxygen atoms in total. The first kappa shape index (κ1) is 12.1. The molecule has 0 radical (unpaired) electrons. The summed E-state index contributed by atoms with van der Waals surface area (Å²) in [4.78, 5) is 2.96. The van der Waals surface area contributed by atoms with Crippen LogP contribution < -0.4 is 0 Å². The highest BCUT2D eigenvalue weighted by molar-refractivity contribution is 9.10. The molecule has 0 spiro atoms. The van der Waals surface area contributed by atoms with Crippen LogP contribution in [0.4, 0.5) is 13.2 Å². The van der Waals surface area contributed by atoms with E-state index in [1.54, 1.807) is 0 Å². The third-order valence-corrected chi connectivity index (χ3v) is 4.06. The number of halogens is 4. The van der Waals surface area contributed by atoms with E-state index in [9.17, 15) is 13.2 Å². The van der Waals surface area contributed by atoms with Gasteiger partial charge in [0.25, 0.3) is 0 Å². The van der Waals surface area contributed by atoms with Gasteiger partial charge in [0.2, 0.25) is 0 Å². The van der Waals surface area contributed by atoms with Gasteiger partial charge >= 0.3 is 6.18 Å². The van der Waals surface area contributed by atoms with Crippen LogP contribution in [0, 0.1) is 0 Å². The smallest absolute Gasteiger partial charge is 0.358 e. The molecule has 0 saturated carbocycles. The topological polar surface area (TPSA) is 15.8 Å². The second kappa shape index (κ2) is 4.02. The Bertz CT molecular complexity index is 600. The first-order chi connectivity index (χ1) is 8.47. The van der Waals surface area contributed by atoms with E-state index >= 15 is 0 Å². The number of aryl methyl sites for hydroxylation is 1. The van der Waals surface area contributed by atoms with Gasteiger partial charge in [0.15, 0.2) is 0 Å². The largest absolute Gasteiger partial charge is 0.397 e. The van der Waals surface area contributed by atoms with Crippen LogP contribution in [0.2, 0.25) is 0 Å². The molecule has 0 bridgehead atoms. The molecule has 2 aromatic rings. The van der Waals surface area contributed by atoms with Crippen molar-refractivity contribution in [2.24, 2.45) is 0 Å². The van der Waals surface area contributed by atoms with Crippen molar-refractivity contribution in [1.29, 1.82) is 0 Å². The van der Waals surface area contributed by atoms with Crippen molar-refractivity contribution >= 4 is 26.8 Å². The lowest BCUT2D eigenvalue weighted by Crippen LogP contribution is -2.24. The quantitative estimate of drug-likeness (QED) is 0.710. The summed E-state index contributed by atoms with van der Waals surface area (Å²) in [6.45, 7) is 0. The number of rotatable bonds is 0. The summed E-state index contributed by atoms with van der Waals surface area (Å²) >= 11 is 3.36. The predicted molar refractivity (Wildman–Crippen MR) is 67.7 cm³/mol. The van der Waals surface area contributed by atoms with Crippen LogP contribution >= 0.6 is 15.9 Å². The van der Waals surface area contributed by atoms with Gasteiger partial charge in [-0.3, -0.25) is 0 Å². The number of aromatic amines is 1. The molecule has 1 unspecified atom stereocenters. The van der Waals surface area contributed by atoms with E-state index in [1.165, 1.54) is 0 Å². The average molecular weight is 318 g/mol. The number of nitrogens with one attached hydrogen (secondary N) is 1. The monoisotopic (exact) mass is 317 g/mol. The Morgan fingerprint density at radius 1 is 1.28 bits per heavy atom. The molecule has 1 atom stereocenters. The van der Waals surface area contributed by atoms with Crippen molar-refractivity contribution in [1.82, 2.24) is 4.98 Å². The molecule has 96 valence electrons. The molecule has 3 rings (SSSR count). The number of benzene rings is 1. The molecule has 1 heterocycles. The summed E-state index contributed by atoms with van der Waals surface area (Å²) < 4.78 is 39.9. The summed E-state index contributed by atoms with van der Waals surface area (Å²) in [5.41, 5.74) is 1.99. The van der Waals surface area contributed by atoms with E-state index in [4.69, 9.17) is 0 Å². The Morgan fingerprint density at radius 3 is 2.78 bits per heavy atom. The SMILES string of the molecule is FC(F)(F)C1CCCc2c1[nH]c1ccc(Br)cc21. The van der Waals surface area contributed by atoms with Crippen molar-refractivity contribution in [2.45, 2.75) is 31.4 Å². The molecule has 0 aliphatic heterocycles. The predicted octanol–water partition coefficient (Wildman–Crippen LogP) is 4.91. The van der Waals surface area contributed by atoms with Crippen LogP contribution in [-0.2, 0) is 6.42 Å². The van der Waals surface area contributed by atoms with Crippen molar-refractivity contribution < 1.29 is 13.2 Å². The first-order valence-corrected chi connectivity index (χ1v) is 6.63. The number of hydrogen-bond acceptors (Lipinski definition) is 0. The molecule has 0 amide bonds. The molecule has 1 aromatic heterocycles. The fraction of sp³-hybridized carbons (Fsp3) is 0.385. The van der Waals surface area contributed by atoms with Gasteiger partial charge in [-0.2, -0.15) is 13.2 Å². The van der Waals surface area contributed by atoms with E-state index in [2.05, 4.69) is 20.9 Å². The second-order valence-corrected chi connectivity index (χ2v) is 5.61. The minimum absolute atomic E-state index is 0.185. The van der Waals surface area contributed by atoms with E-state index in [-0.39, 0.29) is 6.42 Å². The molecule has 18 heavy (non-hydrogen) atoms. The Morgan fingerprint density at radius 2 is 2.06 bits per heavy atom. The van der Waals surface area contributed by atoms with Crippen LogP contribution in [0.1, 0.15) is 30.0 Å². The first-order valence-electron chi connectivity index (χ1n) is 5.83. The summed E-state index contributed by atoms with van der Waals surface area (Å²) in [6, 6.07) is 5.56. The van der Waals surface area contributed by atoms with Gasteiger partial charge in [0, 0.05) is 21.1 Å². The standard InChI is InChI=1S/C13H11BrF3N/c14-7-4-5-11-9(6-7)8-2-1-3-10(12(8)18-11)13(15,16)17/h4-6,10,18H,1-3H2. The molecular formula is C13H11BrF3N. The molecule has 1 aromatic carbocycles. The highest BCUT2D eigenvalue weighted by Gasteiger charge is 2.44. The molecule has 5 heteroatoms. The van der Waals surface area contributed by atoms with Crippen LogP contribution in [0.15, 0.2) is 22.7 Å². The maximum Gasteiger partial charge on any atom is 0.397 e. The van der Waals surface area contributed by atoms with Crippen LogP contribution in [0.3, 0.4) is 0 Å². The zero-order valence-corrected chi connectivity index (χ0v) is 11.0. The normalized spacial score (nSPS) is 20.1. The van der Waals surface area contributed by atoms with E-state index < -0.39 is 12.1 Å².